The largest absolute Gasteiger partial charge is 0.493 e. The van der Waals surface area contributed by atoms with Crippen LogP contribution in [-0.2, 0) is 0 Å². The first kappa shape index (κ1) is 11.5. The summed E-state index contributed by atoms with van der Waals surface area (Å²) in [6, 6.07) is 7.49. The summed E-state index contributed by atoms with van der Waals surface area (Å²) in [4.78, 5) is 0. The van der Waals surface area contributed by atoms with Crippen molar-refractivity contribution in [1.29, 1.82) is 0 Å². The zero-order valence-electron chi connectivity index (χ0n) is 10.1. The minimum atomic E-state index is 0.501. The Morgan fingerprint density at radius 3 is 2.88 bits per heavy atom. The number of ether oxygens (including phenoxy) is 1. The lowest BCUT2D eigenvalue weighted by Gasteiger charge is -2.11. The maximum atomic E-state index is 5.92. The summed E-state index contributed by atoms with van der Waals surface area (Å²) in [6.07, 6.45) is 3.58. The second kappa shape index (κ2) is 4.91. The first-order valence-corrected chi connectivity index (χ1v) is 5.69. The molecule has 0 saturated heterocycles. The van der Waals surface area contributed by atoms with Gasteiger partial charge in [-0.1, -0.05) is 13.8 Å². The number of aromatic nitrogens is 2. The van der Waals surface area contributed by atoms with Crippen LogP contribution in [0.1, 0.15) is 13.8 Å². The molecule has 1 heterocycles. The van der Waals surface area contributed by atoms with Crippen molar-refractivity contribution in [3.05, 3.63) is 36.7 Å². The number of nitrogens with two attached hydrogens (primary N) is 1. The van der Waals surface area contributed by atoms with Crippen molar-refractivity contribution >= 4 is 5.69 Å². The summed E-state index contributed by atoms with van der Waals surface area (Å²) in [5, 5.41) is 4.16. The fourth-order valence-electron chi connectivity index (χ4n) is 1.49. The Morgan fingerprint density at radius 2 is 2.24 bits per heavy atom. The van der Waals surface area contributed by atoms with Crippen LogP contribution in [0.3, 0.4) is 0 Å². The molecule has 0 amide bonds. The highest BCUT2D eigenvalue weighted by Crippen LogP contribution is 2.23. The van der Waals surface area contributed by atoms with E-state index in [-0.39, 0.29) is 0 Å². The molecule has 0 unspecified atom stereocenters. The lowest BCUT2D eigenvalue weighted by molar-refractivity contribution is 0.271. The molecule has 0 atom stereocenters. The first-order chi connectivity index (χ1) is 8.16. The van der Waals surface area contributed by atoms with E-state index in [9.17, 15) is 0 Å². The Hall–Kier alpha value is -1.97. The van der Waals surface area contributed by atoms with E-state index in [0.717, 1.165) is 11.4 Å². The van der Waals surface area contributed by atoms with Crippen molar-refractivity contribution in [3.8, 4) is 11.4 Å². The molecule has 0 saturated carbocycles. The predicted molar refractivity (Wildman–Crippen MR) is 68.3 cm³/mol. The summed E-state index contributed by atoms with van der Waals surface area (Å²) in [5.41, 5.74) is 7.45. The van der Waals surface area contributed by atoms with Crippen molar-refractivity contribution in [2.45, 2.75) is 13.8 Å². The molecule has 0 aliphatic carbocycles. The molecule has 17 heavy (non-hydrogen) atoms. The van der Waals surface area contributed by atoms with Crippen LogP contribution in [0.15, 0.2) is 36.7 Å². The van der Waals surface area contributed by atoms with Crippen LogP contribution in [0.4, 0.5) is 5.69 Å². The van der Waals surface area contributed by atoms with Crippen molar-refractivity contribution in [2.75, 3.05) is 12.3 Å². The zero-order chi connectivity index (χ0) is 12.3. The summed E-state index contributed by atoms with van der Waals surface area (Å²) >= 11 is 0. The summed E-state index contributed by atoms with van der Waals surface area (Å²) < 4.78 is 7.40. The first-order valence-electron chi connectivity index (χ1n) is 5.69. The van der Waals surface area contributed by atoms with Gasteiger partial charge in [0.05, 0.1) is 18.0 Å². The highest BCUT2D eigenvalue weighted by molar-refractivity contribution is 5.60. The van der Waals surface area contributed by atoms with E-state index >= 15 is 0 Å². The van der Waals surface area contributed by atoms with Crippen LogP contribution in [0.25, 0.3) is 5.69 Å². The van der Waals surface area contributed by atoms with E-state index in [1.807, 2.05) is 30.5 Å². The van der Waals surface area contributed by atoms with Crippen molar-refractivity contribution in [1.82, 2.24) is 9.78 Å². The van der Waals surface area contributed by atoms with Gasteiger partial charge in [-0.3, -0.25) is 0 Å². The summed E-state index contributed by atoms with van der Waals surface area (Å²) in [5.74, 6) is 1.32. The molecule has 4 heteroatoms. The van der Waals surface area contributed by atoms with Gasteiger partial charge in [-0.25, -0.2) is 4.68 Å². The molecule has 2 N–H and O–H groups in total. The van der Waals surface area contributed by atoms with Crippen molar-refractivity contribution in [2.24, 2.45) is 5.92 Å². The second-order valence-electron chi connectivity index (χ2n) is 4.38. The minimum Gasteiger partial charge on any atom is -0.493 e. The quantitative estimate of drug-likeness (QED) is 0.822. The number of rotatable bonds is 4. The lowest BCUT2D eigenvalue weighted by atomic mass is 10.2. The van der Waals surface area contributed by atoms with Gasteiger partial charge in [-0.15, -0.1) is 0 Å². The number of nitrogens with zero attached hydrogens (tertiary/aromatic N) is 2. The van der Waals surface area contributed by atoms with Gasteiger partial charge in [0.15, 0.2) is 0 Å². The monoisotopic (exact) mass is 231 g/mol. The number of hydrogen-bond donors (Lipinski definition) is 1. The van der Waals surface area contributed by atoms with Gasteiger partial charge < -0.3 is 10.5 Å². The average Bonchev–Trinajstić information content (AvgIpc) is 2.81. The number of benzene rings is 1. The van der Waals surface area contributed by atoms with Gasteiger partial charge in [0, 0.05) is 18.5 Å². The minimum absolute atomic E-state index is 0.501. The second-order valence-corrected chi connectivity index (χ2v) is 4.38. The molecule has 2 aromatic rings. The van der Waals surface area contributed by atoms with Gasteiger partial charge in [0.1, 0.15) is 5.75 Å². The van der Waals surface area contributed by atoms with Gasteiger partial charge in [0.2, 0.25) is 0 Å². The maximum absolute atomic E-state index is 5.92. The number of hydrogen-bond acceptors (Lipinski definition) is 3. The molecule has 0 bridgehead atoms. The summed E-state index contributed by atoms with van der Waals surface area (Å²) in [6.45, 7) is 4.93. The topological polar surface area (TPSA) is 53.1 Å². The van der Waals surface area contributed by atoms with Gasteiger partial charge in [-0.2, -0.15) is 5.10 Å². The van der Waals surface area contributed by atoms with E-state index in [1.54, 1.807) is 10.9 Å². The Bertz CT molecular complexity index is 477. The molecule has 1 aromatic carbocycles. The van der Waals surface area contributed by atoms with E-state index in [0.29, 0.717) is 18.2 Å². The molecule has 4 nitrogen and oxygen atoms in total. The van der Waals surface area contributed by atoms with Gasteiger partial charge in [0.25, 0.3) is 0 Å². The van der Waals surface area contributed by atoms with Crippen LogP contribution in [0, 0.1) is 5.92 Å². The third kappa shape index (κ3) is 2.78. The Balaban J connectivity index is 2.24. The normalized spacial score (nSPS) is 10.8. The van der Waals surface area contributed by atoms with E-state index in [2.05, 4.69) is 18.9 Å². The highest BCUT2D eigenvalue weighted by Gasteiger charge is 2.05. The van der Waals surface area contributed by atoms with Crippen LogP contribution in [-0.4, -0.2) is 16.4 Å². The number of anilines is 1. The molecule has 0 spiro atoms. The van der Waals surface area contributed by atoms with E-state index < -0.39 is 0 Å². The molecular formula is C13H17N3O. The standard InChI is InChI=1S/C13H17N3O/c1-10(2)9-17-11-4-5-12(14)13(8-11)16-7-3-6-15-16/h3-8,10H,9,14H2,1-2H3. The van der Waals surface area contributed by atoms with E-state index in [1.165, 1.54) is 0 Å². The van der Waals surface area contributed by atoms with Gasteiger partial charge in [-0.05, 0) is 24.1 Å². The average molecular weight is 231 g/mol. The fraction of sp³-hybridized carbons (Fsp3) is 0.308. The molecule has 0 aliphatic heterocycles. The smallest absolute Gasteiger partial charge is 0.121 e. The molecule has 2 rings (SSSR count). The predicted octanol–water partition coefficient (Wildman–Crippen LogP) is 2.49. The lowest BCUT2D eigenvalue weighted by Crippen LogP contribution is -2.06. The Labute approximate surface area is 101 Å². The van der Waals surface area contributed by atoms with Crippen LogP contribution >= 0.6 is 0 Å². The molecule has 0 fully saturated rings. The fourth-order valence-corrected chi connectivity index (χ4v) is 1.49. The zero-order valence-corrected chi connectivity index (χ0v) is 10.1. The van der Waals surface area contributed by atoms with E-state index in [4.69, 9.17) is 10.5 Å². The van der Waals surface area contributed by atoms with Crippen LogP contribution < -0.4 is 10.5 Å². The molecule has 0 aliphatic rings. The Kier molecular flexibility index (Phi) is 3.32. The third-order valence-electron chi connectivity index (χ3n) is 2.34. The molecule has 1 aromatic heterocycles. The van der Waals surface area contributed by atoms with Crippen molar-refractivity contribution in [3.63, 3.8) is 0 Å². The summed E-state index contributed by atoms with van der Waals surface area (Å²) in [7, 11) is 0. The van der Waals surface area contributed by atoms with Crippen LogP contribution in [0.2, 0.25) is 0 Å². The van der Waals surface area contributed by atoms with Crippen molar-refractivity contribution < 1.29 is 4.74 Å². The SMILES string of the molecule is CC(C)COc1ccc(N)c(-n2cccn2)c1. The maximum Gasteiger partial charge on any atom is 0.121 e. The Morgan fingerprint density at radius 1 is 1.41 bits per heavy atom. The van der Waals surface area contributed by atoms with Crippen LogP contribution in [0.5, 0.6) is 5.75 Å². The highest BCUT2D eigenvalue weighted by atomic mass is 16.5. The third-order valence-corrected chi connectivity index (χ3v) is 2.34. The molecular weight excluding hydrogens is 214 g/mol. The molecule has 0 radical (unpaired) electrons. The molecule has 90 valence electrons. The number of nitrogen functional groups attached to an aromatic ring is 1. The van der Waals surface area contributed by atoms with Gasteiger partial charge >= 0.3 is 0 Å².